The molecule has 1 aromatic rings. The first-order chi connectivity index (χ1) is 9.74. The third-order valence-corrected chi connectivity index (χ3v) is 3.87. The van der Waals surface area contributed by atoms with Gasteiger partial charge < -0.3 is 10.6 Å². The molecule has 1 aliphatic carbocycles. The van der Waals surface area contributed by atoms with Gasteiger partial charge in [-0.2, -0.15) is 0 Å². The van der Waals surface area contributed by atoms with Gasteiger partial charge in [-0.25, -0.2) is 0 Å². The van der Waals surface area contributed by atoms with E-state index in [-0.39, 0.29) is 30.0 Å². The molecule has 21 heavy (non-hydrogen) atoms. The Hall–Kier alpha value is -0.780. The average Bonchev–Trinajstić information content (AvgIpc) is 3.18. The SMILES string of the molecule is CCCC1CC1NC(=NCC)NC(C)c1ccccc1.I. The summed E-state index contributed by atoms with van der Waals surface area (Å²) in [5.41, 5.74) is 1.29. The summed E-state index contributed by atoms with van der Waals surface area (Å²) in [6, 6.07) is 11.4. The van der Waals surface area contributed by atoms with Gasteiger partial charge in [0.15, 0.2) is 5.96 Å². The predicted molar refractivity (Wildman–Crippen MR) is 101 cm³/mol. The first-order valence-electron chi connectivity index (χ1n) is 7.87. The molecule has 0 aromatic heterocycles. The Morgan fingerprint density at radius 3 is 2.62 bits per heavy atom. The first-order valence-corrected chi connectivity index (χ1v) is 7.87. The molecule has 0 amide bonds. The van der Waals surface area contributed by atoms with Crippen molar-refractivity contribution in [2.75, 3.05) is 6.54 Å². The Balaban J connectivity index is 0.00000220. The lowest BCUT2D eigenvalue weighted by atomic mass is 10.1. The van der Waals surface area contributed by atoms with Gasteiger partial charge in [-0.15, -0.1) is 24.0 Å². The second kappa shape index (κ2) is 9.28. The van der Waals surface area contributed by atoms with Crippen LogP contribution in [0.25, 0.3) is 0 Å². The summed E-state index contributed by atoms with van der Waals surface area (Å²) in [5.74, 6) is 1.79. The van der Waals surface area contributed by atoms with Crippen LogP contribution in [0.1, 0.15) is 51.6 Å². The highest BCUT2D eigenvalue weighted by Gasteiger charge is 2.36. The van der Waals surface area contributed by atoms with Crippen molar-refractivity contribution in [3.05, 3.63) is 35.9 Å². The Morgan fingerprint density at radius 1 is 1.29 bits per heavy atom. The van der Waals surface area contributed by atoms with E-state index in [1.54, 1.807) is 0 Å². The van der Waals surface area contributed by atoms with Gasteiger partial charge in [-0.05, 0) is 38.2 Å². The summed E-state index contributed by atoms with van der Waals surface area (Å²) in [6.07, 6.45) is 3.89. The zero-order chi connectivity index (χ0) is 14.4. The van der Waals surface area contributed by atoms with Crippen LogP contribution < -0.4 is 10.6 Å². The molecule has 1 saturated carbocycles. The molecule has 1 fully saturated rings. The van der Waals surface area contributed by atoms with Crippen molar-refractivity contribution >= 4 is 29.9 Å². The van der Waals surface area contributed by atoms with Gasteiger partial charge in [0, 0.05) is 12.6 Å². The van der Waals surface area contributed by atoms with E-state index in [9.17, 15) is 0 Å². The van der Waals surface area contributed by atoms with Gasteiger partial charge in [0.2, 0.25) is 0 Å². The molecule has 4 heteroatoms. The summed E-state index contributed by atoms with van der Waals surface area (Å²) in [4.78, 5) is 4.56. The van der Waals surface area contributed by atoms with Gasteiger partial charge in [0.1, 0.15) is 0 Å². The highest BCUT2D eigenvalue weighted by atomic mass is 127. The fraction of sp³-hybridized carbons (Fsp3) is 0.588. The van der Waals surface area contributed by atoms with E-state index in [1.807, 2.05) is 0 Å². The Morgan fingerprint density at radius 2 is 2.00 bits per heavy atom. The minimum Gasteiger partial charge on any atom is -0.353 e. The van der Waals surface area contributed by atoms with Gasteiger partial charge in [-0.3, -0.25) is 4.99 Å². The quantitative estimate of drug-likeness (QED) is 0.428. The highest BCUT2D eigenvalue weighted by Crippen LogP contribution is 2.34. The minimum absolute atomic E-state index is 0. The van der Waals surface area contributed by atoms with Crippen molar-refractivity contribution in [3.63, 3.8) is 0 Å². The first kappa shape index (κ1) is 18.3. The van der Waals surface area contributed by atoms with Gasteiger partial charge >= 0.3 is 0 Å². The maximum Gasteiger partial charge on any atom is 0.191 e. The molecule has 3 unspecified atom stereocenters. The number of hydrogen-bond acceptors (Lipinski definition) is 1. The van der Waals surface area contributed by atoms with Crippen LogP contribution in [0.2, 0.25) is 0 Å². The average molecular weight is 401 g/mol. The minimum atomic E-state index is 0. The topological polar surface area (TPSA) is 36.4 Å². The lowest BCUT2D eigenvalue weighted by Crippen LogP contribution is -2.40. The molecule has 0 radical (unpaired) electrons. The fourth-order valence-electron chi connectivity index (χ4n) is 2.61. The van der Waals surface area contributed by atoms with E-state index < -0.39 is 0 Å². The molecule has 2 N–H and O–H groups in total. The van der Waals surface area contributed by atoms with Crippen molar-refractivity contribution in [2.24, 2.45) is 10.9 Å². The number of benzene rings is 1. The summed E-state index contributed by atoms with van der Waals surface area (Å²) >= 11 is 0. The number of halogens is 1. The van der Waals surface area contributed by atoms with Crippen LogP contribution >= 0.6 is 24.0 Å². The molecule has 0 spiro atoms. The van der Waals surface area contributed by atoms with Crippen molar-refractivity contribution in [1.29, 1.82) is 0 Å². The van der Waals surface area contributed by atoms with Crippen LogP contribution in [0.5, 0.6) is 0 Å². The largest absolute Gasteiger partial charge is 0.353 e. The molecule has 3 atom stereocenters. The standard InChI is InChI=1S/C17H27N3.HI/c1-4-9-15-12-16(15)20-17(18-5-2)19-13(3)14-10-7-6-8-11-14;/h6-8,10-11,13,15-16H,4-5,9,12H2,1-3H3,(H2,18,19,20);1H. The second-order valence-corrected chi connectivity index (χ2v) is 5.63. The lowest BCUT2D eigenvalue weighted by molar-refractivity contribution is 0.638. The van der Waals surface area contributed by atoms with Crippen molar-refractivity contribution < 1.29 is 0 Å². The number of nitrogens with zero attached hydrogens (tertiary/aromatic N) is 1. The molecule has 0 bridgehead atoms. The normalized spacial score (nSPS) is 22.1. The van der Waals surface area contributed by atoms with Crippen LogP contribution in [-0.2, 0) is 0 Å². The number of guanidine groups is 1. The van der Waals surface area contributed by atoms with Gasteiger partial charge in [0.25, 0.3) is 0 Å². The molecule has 1 aromatic carbocycles. The molecule has 0 saturated heterocycles. The van der Waals surface area contributed by atoms with Crippen LogP contribution in [0.15, 0.2) is 35.3 Å². The number of rotatable bonds is 6. The Bertz CT molecular complexity index is 433. The number of hydrogen-bond donors (Lipinski definition) is 2. The zero-order valence-corrected chi connectivity index (χ0v) is 15.6. The van der Waals surface area contributed by atoms with E-state index in [1.165, 1.54) is 24.8 Å². The molecule has 2 rings (SSSR count). The highest BCUT2D eigenvalue weighted by molar-refractivity contribution is 14.0. The van der Waals surface area contributed by atoms with E-state index in [4.69, 9.17) is 0 Å². The summed E-state index contributed by atoms with van der Waals surface area (Å²) in [7, 11) is 0. The van der Waals surface area contributed by atoms with Crippen LogP contribution in [0, 0.1) is 5.92 Å². The zero-order valence-electron chi connectivity index (χ0n) is 13.3. The van der Waals surface area contributed by atoms with Gasteiger partial charge in [-0.1, -0.05) is 43.7 Å². The van der Waals surface area contributed by atoms with Crippen LogP contribution in [0.3, 0.4) is 0 Å². The lowest BCUT2D eigenvalue weighted by Gasteiger charge is -2.18. The van der Waals surface area contributed by atoms with Crippen LogP contribution in [0.4, 0.5) is 0 Å². The smallest absolute Gasteiger partial charge is 0.191 e. The molecular weight excluding hydrogens is 373 g/mol. The monoisotopic (exact) mass is 401 g/mol. The number of aliphatic imine (C=N–C) groups is 1. The number of nitrogens with one attached hydrogen (secondary N) is 2. The van der Waals surface area contributed by atoms with E-state index in [0.717, 1.165) is 18.4 Å². The van der Waals surface area contributed by atoms with Crippen molar-refractivity contribution in [1.82, 2.24) is 10.6 Å². The Labute approximate surface area is 146 Å². The molecule has 0 aliphatic heterocycles. The summed E-state index contributed by atoms with van der Waals surface area (Å²) in [6.45, 7) is 7.32. The van der Waals surface area contributed by atoms with Crippen molar-refractivity contribution in [2.45, 2.75) is 52.1 Å². The Kier molecular flexibility index (Phi) is 8.07. The maximum absolute atomic E-state index is 4.56. The van der Waals surface area contributed by atoms with Crippen molar-refractivity contribution in [3.8, 4) is 0 Å². The maximum atomic E-state index is 4.56. The third kappa shape index (κ3) is 5.85. The van der Waals surface area contributed by atoms with E-state index in [0.29, 0.717) is 6.04 Å². The molecule has 1 aliphatic rings. The summed E-state index contributed by atoms with van der Waals surface area (Å²) in [5, 5.41) is 7.07. The fourth-order valence-corrected chi connectivity index (χ4v) is 2.61. The molecule has 118 valence electrons. The molecule has 0 heterocycles. The van der Waals surface area contributed by atoms with Gasteiger partial charge in [0.05, 0.1) is 6.04 Å². The van der Waals surface area contributed by atoms with Crippen LogP contribution in [-0.4, -0.2) is 18.5 Å². The molecular formula is C17H28IN3. The van der Waals surface area contributed by atoms with E-state index in [2.05, 4.69) is 66.7 Å². The summed E-state index contributed by atoms with van der Waals surface area (Å²) < 4.78 is 0. The van der Waals surface area contributed by atoms with E-state index >= 15 is 0 Å². The second-order valence-electron chi connectivity index (χ2n) is 5.63. The third-order valence-electron chi connectivity index (χ3n) is 3.87. The molecule has 3 nitrogen and oxygen atoms in total. The predicted octanol–water partition coefficient (Wildman–Crippen LogP) is 4.11.